The van der Waals surface area contributed by atoms with Gasteiger partial charge < -0.3 is 15.0 Å². The van der Waals surface area contributed by atoms with Gasteiger partial charge in [-0.3, -0.25) is 0 Å². The smallest absolute Gasteiger partial charge is 0.402 e. The Labute approximate surface area is 108 Å². The summed E-state index contributed by atoms with van der Waals surface area (Å²) in [6.07, 6.45) is 3.20. The highest BCUT2D eigenvalue weighted by Crippen LogP contribution is 2.37. The van der Waals surface area contributed by atoms with Crippen molar-refractivity contribution in [3.63, 3.8) is 0 Å². The van der Waals surface area contributed by atoms with Crippen molar-refractivity contribution < 1.29 is 9.31 Å². The molecule has 1 aliphatic rings. The third-order valence-corrected chi connectivity index (χ3v) is 4.10. The molecule has 94 valence electrons. The topological polar surface area (TPSA) is 44.5 Å². The van der Waals surface area contributed by atoms with Gasteiger partial charge in [-0.1, -0.05) is 22.4 Å². The molecular weight excluding hydrogens is 269 g/mol. The van der Waals surface area contributed by atoms with Crippen LogP contribution in [-0.2, 0) is 9.31 Å². The Morgan fingerprint density at radius 3 is 2.06 bits per heavy atom. The van der Waals surface area contributed by atoms with Crippen LogP contribution in [0.2, 0.25) is 0 Å². The van der Waals surface area contributed by atoms with E-state index in [1.165, 1.54) is 0 Å². The van der Waals surface area contributed by atoms with E-state index in [0.717, 1.165) is 24.6 Å². The van der Waals surface area contributed by atoms with Crippen molar-refractivity contribution in [2.24, 2.45) is 5.73 Å². The minimum Gasteiger partial charge on any atom is -0.402 e. The third-order valence-electron chi connectivity index (χ3n) is 3.54. The van der Waals surface area contributed by atoms with Gasteiger partial charge in [0.15, 0.2) is 0 Å². The molecule has 1 heterocycles. The molecule has 0 aromatic heterocycles. The van der Waals surface area contributed by atoms with Crippen molar-refractivity contribution in [2.45, 2.75) is 64.1 Å². The quantitative estimate of drug-likeness (QED) is 0.481. The second kappa shape index (κ2) is 5.38. The number of halogens is 1. The van der Waals surface area contributed by atoms with E-state index in [2.05, 4.69) is 43.6 Å². The van der Waals surface area contributed by atoms with E-state index in [0.29, 0.717) is 0 Å². The fourth-order valence-corrected chi connectivity index (χ4v) is 2.07. The molecule has 0 aliphatic carbocycles. The van der Waals surface area contributed by atoms with Crippen molar-refractivity contribution in [3.05, 3.63) is 0 Å². The summed E-state index contributed by atoms with van der Waals surface area (Å²) in [5.41, 5.74) is 5.55. The third kappa shape index (κ3) is 3.22. The van der Waals surface area contributed by atoms with E-state index in [9.17, 15) is 0 Å². The molecule has 0 aromatic carbocycles. The fourth-order valence-electron chi connectivity index (χ4n) is 1.67. The molecule has 1 fully saturated rings. The van der Waals surface area contributed by atoms with Gasteiger partial charge in [-0.2, -0.15) is 0 Å². The molecule has 1 unspecified atom stereocenters. The van der Waals surface area contributed by atoms with Crippen LogP contribution in [0.3, 0.4) is 0 Å². The molecule has 2 N–H and O–H groups in total. The lowest BCUT2D eigenvalue weighted by Gasteiger charge is -2.32. The van der Waals surface area contributed by atoms with Crippen LogP contribution in [0.1, 0.15) is 47.0 Å². The Morgan fingerprint density at radius 1 is 1.12 bits per heavy atom. The molecule has 0 radical (unpaired) electrons. The van der Waals surface area contributed by atoms with Crippen LogP contribution in [0.25, 0.3) is 0 Å². The van der Waals surface area contributed by atoms with Gasteiger partial charge in [0.2, 0.25) is 0 Å². The normalized spacial score (nSPS) is 24.8. The van der Waals surface area contributed by atoms with Crippen LogP contribution in [0.4, 0.5) is 0 Å². The molecule has 1 aliphatic heterocycles. The first kappa shape index (κ1) is 14.5. The summed E-state index contributed by atoms with van der Waals surface area (Å²) >= 11 is 3.42. The number of alkyl halides is 1. The van der Waals surface area contributed by atoms with E-state index in [-0.39, 0.29) is 24.3 Å². The second-order valence-electron chi connectivity index (χ2n) is 5.47. The lowest BCUT2D eigenvalue weighted by molar-refractivity contribution is 0.00578. The van der Waals surface area contributed by atoms with E-state index in [1.807, 2.05) is 0 Å². The van der Waals surface area contributed by atoms with Crippen molar-refractivity contribution in [1.29, 1.82) is 0 Å². The van der Waals surface area contributed by atoms with Crippen LogP contribution < -0.4 is 5.73 Å². The van der Waals surface area contributed by atoms with Gasteiger partial charge in [-0.05, 0) is 40.5 Å². The summed E-state index contributed by atoms with van der Waals surface area (Å²) in [5, 5.41) is 1.03. The molecule has 1 atom stereocenters. The summed E-state index contributed by atoms with van der Waals surface area (Å²) in [6.45, 7) is 8.22. The van der Waals surface area contributed by atoms with Crippen molar-refractivity contribution >= 4 is 23.0 Å². The van der Waals surface area contributed by atoms with E-state index in [1.54, 1.807) is 0 Å². The maximum atomic E-state index is 6.10. The van der Waals surface area contributed by atoms with Gasteiger partial charge in [0.05, 0.1) is 11.2 Å². The standard InChI is InChI=1S/C11H23BBrNO2/c1-10(2)11(3,4)16-12(15-10)9(14)7-5-6-8-13/h9H,5-8,14H2,1-4H3. The largest absolute Gasteiger partial charge is 0.475 e. The number of hydrogen-bond donors (Lipinski definition) is 1. The Hall–Kier alpha value is 0.425. The average Bonchev–Trinajstić information content (AvgIpc) is 2.36. The number of rotatable bonds is 5. The summed E-state index contributed by atoms with van der Waals surface area (Å²) in [7, 11) is -0.264. The Morgan fingerprint density at radius 2 is 1.62 bits per heavy atom. The maximum absolute atomic E-state index is 6.10. The molecule has 1 saturated heterocycles. The Kier molecular flexibility index (Phi) is 4.87. The Balaban J connectivity index is 2.46. The summed E-state index contributed by atoms with van der Waals surface area (Å²) in [5.74, 6) is -0.0277. The molecular formula is C11H23BBrNO2. The minimum atomic E-state index is -0.273. The van der Waals surface area contributed by atoms with Gasteiger partial charge in [-0.25, -0.2) is 0 Å². The highest BCUT2D eigenvalue weighted by molar-refractivity contribution is 9.09. The fraction of sp³-hybridized carbons (Fsp3) is 1.00. The van der Waals surface area contributed by atoms with Crippen molar-refractivity contribution in [1.82, 2.24) is 0 Å². The lowest BCUT2D eigenvalue weighted by atomic mass is 9.76. The summed E-state index contributed by atoms with van der Waals surface area (Å²) in [4.78, 5) is 0. The first-order chi connectivity index (χ1) is 7.30. The molecule has 0 bridgehead atoms. The Bertz CT molecular complexity index is 220. The van der Waals surface area contributed by atoms with E-state index in [4.69, 9.17) is 15.0 Å². The predicted octanol–water partition coefficient (Wildman–Crippen LogP) is 2.51. The molecule has 0 spiro atoms. The molecule has 0 saturated carbocycles. The van der Waals surface area contributed by atoms with Crippen molar-refractivity contribution in [2.75, 3.05) is 5.33 Å². The monoisotopic (exact) mass is 291 g/mol. The van der Waals surface area contributed by atoms with Gasteiger partial charge >= 0.3 is 7.12 Å². The van der Waals surface area contributed by atoms with Crippen LogP contribution >= 0.6 is 15.9 Å². The van der Waals surface area contributed by atoms with Gasteiger partial charge in [0.1, 0.15) is 0 Å². The first-order valence-electron chi connectivity index (χ1n) is 5.97. The van der Waals surface area contributed by atoms with Crippen LogP contribution in [-0.4, -0.2) is 29.6 Å². The maximum Gasteiger partial charge on any atom is 0.475 e. The summed E-state index contributed by atoms with van der Waals surface area (Å²) < 4.78 is 11.8. The number of unbranched alkanes of at least 4 members (excludes halogenated alkanes) is 1. The SMILES string of the molecule is CC1(C)OB(C(N)CCCCBr)OC1(C)C. The van der Waals surface area contributed by atoms with Crippen molar-refractivity contribution in [3.8, 4) is 0 Å². The molecule has 16 heavy (non-hydrogen) atoms. The highest BCUT2D eigenvalue weighted by Gasteiger charge is 2.52. The first-order valence-corrected chi connectivity index (χ1v) is 7.09. The number of nitrogens with two attached hydrogens (primary N) is 1. The second-order valence-corrected chi connectivity index (χ2v) is 6.27. The molecule has 0 aromatic rings. The molecule has 0 amide bonds. The molecule has 1 rings (SSSR count). The van der Waals surface area contributed by atoms with Crippen LogP contribution in [0.15, 0.2) is 0 Å². The van der Waals surface area contributed by atoms with Gasteiger partial charge in [0.25, 0.3) is 0 Å². The van der Waals surface area contributed by atoms with E-state index >= 15 is 0 Å². The zero-order valence-electron chi connectivity index (χ0n) is 10.8. The minimum absolute atomic E-state index is 0.0277. The van der Waals surface area contributed by atoms with E-state index < -0.39 is 0 Å². The lowest BCUT2D eigenvalue weighted by Crippen LogP contribution is -2.41. The highest BCUT2D eigenvalue weighted by atomic mass is 79.9. The van der Waals surface area contributed by atoms with Crippen LogP contribution in [0, 0.1) is 0 Å². The zero-order chi connectivity index (χ0) is 12.4. The average molecular weight is 292 g/mol. The molecule has 5 heteroatoms. The van der Waals surface area contributed by atoms with Crippen LogP contribution in [0.5, 0.6) is 0 Å². The molecule has 3 nitrogen and oxygen atoms in total. The predicted molar refractivity (Wildman–Crippen MR) is 71.7 cm³/mol. The van der Waals surface area contributed by atoms with Gasteiger partial charge in [-0.15, -0.1) is 0 Å². The summed E-state index contributed by atoms with van der Waals surface area (Å²) in [6, 6.07) is 0. The zero-order valence-corrected chi connectivity index (χ0v) is 12.3. The van der Waals surface area contributed by atoms with Gasteiger partial charge in [0, 0.05) is 11.3 Å². The number of hydrogen-bond acceptors (Lipinski definition) is 3.